The predicted octanol–water partition coefficient (Wildman–Crippen LogP) is 1.82. The molecule has 8 heteroatoms. The minimum absolute atomic E-state index is 0.178. The lowest BCUT2D eigenvalue weighted by molar-refractivity contribution is 0.102. The van der Waals surface area contributed by atoms with Crippen molar-refractivity contribution in [3.05, 3.63) is 59.4 Å². The Kier molecular flexibility index (Phi) is 5.33. The number of benzene rings is 2. The van der Waals surface area contributed by atoms with Gasteiger partial charge in [0.2, 0.25) is 10.0 Å². The van der Waals surface area contributed by atoms with E-state index < -0.39 is 21.7 Å². The Labute approximate surface area is 139 Å². The Morgan fingerprint density at radius 1 is 1.21 bits per heavy atom. The molecule has 1 amide bonds. The van der Waals surface area contributed by atoms with Crippen molar-refractivity contribution in [2.24, 2.45) is 0 Å². The fourth-order valence-corrected chi connectivity index (χ4v) is 2.92. The summed E-state index contributed by atoms with van der Waals surface area (Å²) in [6.07, 6.45) is 0. The Morgan fingerprint density at radius 2 is 1.92 bits per heavy atom. The van der Waals surface area contributed by atoms with Crippen molar-refractivity contribution in [1.82, 2.24) is 4.31 Å². The van der Waals surface area contributed by atoms with Gasteiger partial charge in [0.25, 0.3) is 5.91 Å². The Bertz CT molecular complexity index is 866. The summed E-state index contributed by atoms with van der Waals surface area (Å²) in [5, 5.41) is 11.6. The number of hydrogen-bond donors (Lipinski definition) is 2. The standard InChI is InChI=1S/C16H17FN2O4S/c1-19(2)24(22,23)13-6-7-15(17)14(9-13)16(21)18-12-5-3-4-11(8-12)10-20/h3-9,20H,10H2,1-2H3,(H,18,21). The van der Waals surface area contributed by atoms with E-state index in [9.17, 15) is 17.6 Å². The number of carbonyl (C=O) groups excluding carboxylic acids is 1. The number of sulfonamides is 1. The van der Waals surface area contributed by atoms with Crippen molar-refractivity contribution in [2.45, 2.75) is 11.5 Å². The van der Waals surface area contributed by atoms with Gasteiger partial charge in [0.1, 0.15) is 5.82 Å². The van der Waals surface area contributed by atoms with Crippen LogP contribution in [0.25, 0.3) is 0 Å². The zero-order valence-electron chi connectivity index (χ0n) is 13.2. The number of halogens is 1. The summed E-state index contributed by atoms with van der Waals surface area (Å²) in [6, 6.07) is 9.45. The van der Waals surface area contributed by atoms with E-state index in [0.717, 1.165) is 22.5 Å². The van der Waals surface area contributed by atoms with E-state index in [0.29, 0.717) is 11.3 Å². The highest BCUT2D eigenvalue weighted by Gasteiger charge is 2.21. The smallest absolute Gasteiger partial charge is 0.258 e. The average molecular weight is 352 g/mol. The SMILES string of the molecule is CN(C)S(=O)(=O)c1ccc(F)c(C(=O)Nc2cccc(CO)c2)c1. The van der Waals surface area contributed by atoms with Gasteiger partial charge >= 0.3 is 0 Å². The molecule has 0 saturated carbocycles. The van der Waals surface area contributed by atoms with Crippen LogP contribution in [-0.2, 0) is 16.6 Å². The summed E-state index contributed by atoms with van der Waals surface area (Å²) in [5.74, 6) is -1.61. The summed E-state index contributed by atoms with van der Waals surface area (Å²) >= 11 is 0. The molecular weight excluding hydrogens is 335 g/mol. The number of carbonyl (C=O) groups is 1. The van der Waals surface area contributed by atoms with Gasteiger partial charge in [0.05, 0.1) is 17.1 Å². The molecule has 0 saturated heterocycles. The summed E-state index contributed by atoms with van der Waals surface area (Å²) < 4.78 is 39.1. The molecule has 0 atom stereocenters. The number of rotatable bonds is 5. The first kappa shape index (κ1) is 18.1. The van der Waals surface area contributed by atoms with Crippen LogP contribution < -0.4 is 5.32 Å². The highest BCUT2D eigenvalue weighted by molar-refractivity contribution is 7.89. The second-order valence-electron chi connectivity index (χ2n) is 5.24. The van der Waals surface area contributed by atoms with Crippen molar-refractivity contribution < 1.29 is 22.7 Å². The van der Waals surface area contributed by atoms with Gasteiger partial charge in [-0.2, -0.15) is 0 Å². The summed E-state index contributed by atoms with van der Waals surface area (Å²) in [7, 11) is -1.09. The summed E-state index contributed by atoms with van der Waals surface area (Å²) in [6.45, 7) is -0.200. The Balaban J connectivity index is 2.35. The van der Waals surface area contributed by atoms with Gasteiger partial charge in [-0.3, -0.25) is 4.79 Å². The number of amides is 1. The largest absolute Gasteiger partial charge is 0.392 e. The maximum Gasteiger partial charge on any atom is 0.258 e. The zero-order chi connectivity index (χ0) is 17.9. The third kappa shape index (κ3) is 3.78. The van der Waals surface area contributed by atoms with Crippen molar-refractivity contribution in [2.75, 3.05) is 19.4 Å². The molecule has 0 aromatic heterocycles. The number of aliphatic hydroxyl groups is 1. The van der Waals surface area contributed by atoms with Gasteiger partial charge in [-0.05, 0) is 35.9 Å². The second-order valence-corrected chi connectivity index (χ2v) is 7.39. The van der Waals surface area contributed by atoms with E-state index in [1.807, 2.05) is 0 Å². The number of anilines is 1. The van der Waals surface area contributed by atoms with Crippen LogP contribution in [0.1, 0.15) is 15.9 Å². The molecule has 2 N–H and O–H groups in total. The number of hydrogen-bond acceptors (Lipinski definition) is 4. The van der Waals surface area contributed by atoms with E-state index in [-0.39, 0.29) is 17.1 Å². The fraction of sp³-hybridized carbons (Fsp3) is 0.188. The van der Waals surface area contributed by atoms with Crippen LogP contribution in [0.2, 0.25) is 0 Å². The van der Waals surface area contributed by atoms with Gasteiger partial charge in [-0.15, -0.1) is 0 Å². The molecule has 0 aliphatic rings. The molecule has 0 unspecified atom stereocenters. The fourth-order valence-electron chi connectivity index (χ4n) is 2.00. The second kappa shape index (κ2) is 7.08. The Hall–Kier alpha value is -2.29. The highest BCUT2D eigenvalue weighted by Crippen LogP contribution is 2.19. The molecule has 0 fully saturated rings. The lowest BCUT2D eigenvalue weighted by atomic mass is 10.1. The summed E-state index contributed by atoms with van der Waals surface area (Å²) in [4.78, 5) is 12.1. The lowest BCUT2D eigenvalue weighted by Crippen LogP contribution is -2.23. The van der Waals surface area contributed by atoms with Gasteiger partial charge in [-0.25, -0.2) is 17.1 Å². The number of nitrogens with one attached hydrogen (secondary N) is 1. The van der Waals surface area contributed by atoms with E-state index in [2.05, 4.69) is 5.32 Å². The van der Waals surface area contributed by atoms with E-state index in [1.54, 1.807) is 18.2 Å². The van der Waals surface area contributed by atoms with Crippen molar-refractivity contribution in [3.8, 4) is 0 Å². The molecule has 0 heterocycles. The van der Waals surface area contributed by atoms with Crippen molar-refractivity contribution in [1.29, 1.82) is 0 Å². The van der Waals surface area contributed by atoms with Crippen LogP contribution in [0.5, 0.6) is 0 Å². The highest BCUT2D eigenvalue weighted by atomic mass is 32.2. The molecule has 0 aliphatic heterocycles. The number of nitrogens with zero attached hydrogens (tertiary/aromatic N) is 1. The van der Waals surface area contributed by atoms with Crippen molar-refractivity contribution in [3.63, 3.8) is 0 Å². The molecule has 128 valence electrons. The Morgan fingerprint density at radius 3 is 2.54 bits per heavy atom. The zero-order valence-corrected chi connectivity index (χ0v) is 14.0. The quantitative estimate of drug-likeness (QED) is 0.859. The minimum Gasteiger partial charge on any atom is -0.392 e. The van der Waals surface area contributed by atoms with Crippen LogP contribution >= 0.6 is 0 Å². The molecule has 0 spiro atoms. The van der Waals surface area contributed by atoms with Crippen LogP contribution in [0.15, 0.2) is 47.4 Å². The topological polar surface area (TPSA) is 86.7 Å². The van der Waals surface area contributed by atoms with Crippen LogP contribution in [-0.4, -0.2) is 37.8 Å². The molecule has 2 rings (SSSR count). The minimum atomic E-state index is -3.78. The third-order valence-corrected chi connectivity index (χ3v) is 5.14. The van der Waals surface area contributed by atoms with Crippen LogP contribution in [0, 0.1) is 5.82 Å². The first-order valence-corrected chi connectivity index (χ1v) is 8.43. The van der Waals surface area contributed by atoms with Crippen LogP contribution in [0.3, 0.4) is 0 Å². The molecule has 24 heavy (non-hydrogen) atoms. The molecule has 2 aromatic rings. The lowest BCUT2D eigenvalue weighted by Gasteiger charge is -2.13. The maximum absolute atomic E-state index is 13.9. The van der Waals surface area contributed by atoms with E-state index >= 15 is 0 Å². The monoisotopic (exact) mass is 352 g/mol. The third-order valence-electron chi connectivity index (χ3n) is 3.33. The predicted molar refractivity (Wildman–Crippen MR) is 87.6 cm³/mol. The average Bonchev–Trinajstić information content (AvgIpc) is 2.54. The molecule has 6 nitrogen and oxygen atoms in total. The molecule has 0 aliphatic carbocycles. The van der Waals surface area contributed by atoms with Crippen molar-refractivity contribution >= 4 is 21.6 Å². The maximum atomic E-state index is 13.9. The van der Waals surface area contributed by atoms with E-state index in [1.165, 1.54) is 20.2 Å². The molecular formula is C16H17FN2O4S. The van der Waals surface area contributed by atoms with Gasteiger partial charge < -0.3 is 10.4 Å². The molecule has 2 aromatic carbocycles. The normalized spacial score (nSPS) is 11.5. The van der Waals surface area contributed by atoms with Gasteiger partial charge in [0.15, 0.2) is 0 Å². The summed E-state index contributed by atoms with van der Waals surface area (Å²) in [5.41, 5.74) is 0.566. The molecule has 0 radical (unpaired) electrons. The first-order chi connectivity index (χ1) is 11.3. The first-order valence-electron chi connectivity index (χ1n) is 6.99. The number of aliphatic hydroxyl groups excluding tert-OH is 1. The van der Waals surface area contributed by atoms with E-state index in [4.69, 9.17) is 5.11 Å². The molecule has 0 bridgehead atoms. The van der Waals surface area contributed by atoms with Gasteiger partial charge in [0, 0.05) is 19.8 Å². The van der Waals surface area contributed by atoms with Gasteiger partial charge in [-0.1, -0.05) is 12.1 Å². The van der Waals surface area contributed by atoms with Crippen LogP contribution in [0.4, 0.5) is 10.1 Å².